The monoisotopic (exact) mass is 439 g/mol. The van der Waals surface area contributed by atoms with E-state index in [2.05, 4.69) is 15.5 Å². The fourth-order valence-electron chi connectivity index (χ4n) is 2.70. The van der Waals surface area contributed by atoms with E-state index in [9.17, 15) is 4.79 Å². The Bertz CT molecular complexity index is 1180. The van der Waals surface area contributed by atoms with E-state index < -0.39 is 0 Å². The van der Waals surface area contributed by atoms with Gasteiger partial charge in [0, 0.05) is 21.8 Å². The van der Waals surface area contributed by atoms with Crippen molar-refractivity contribution >= 4 is 34.8 Å². The number of aromatic nitrogens is 2. The van der Waals surface area contributed by atoms with Crippen LogP contribution in [0.5, 0.6) is 5.75 Å². The molecule has 0 radical (unpaired) electrons. The van der Waals surface area contributed by atoms with Gasteiger partial charge in [0.15, 0.2) is 6.61 Å². The Morgan fingerprint density at radius 1 is 0.900 bits per heavy atom. The molecular formula is C22H15Cl2N3O3. The fraction of sp³-hybridized carbons (Fsp3) is 0.0455. The van der Waals surface area contributed by atoms with Crippen LogP contribution in [-0.2, 0) is 4.79 Å². The highest BCUT2D eigenvalue weighted by Crippen LogP contribution is 2.28. The Morgan fingerprint density at radius 3 is 2.40 bits per heavy atom. The lowest BCUT2D eigenvalue weighted by atomic mass is 10.2. The molecule has 0 aliphatic heterocycles. The third kappa shape index (κ3) is 4.79. The summed E-state index contributed by atoms with van der Waals surface area (Å²) < 4.78 is 11.2. The number of halogens is 2. The Kier molecular flexibility index (Phi) is 5.97. The maximum atomic E-state index is 12.2. The van der Waals surface area contributed by atoms with Gasteiger partial charge in [0.25, 0.3) is 5.91 Å². The van der Waals surface area contributed by atoms with Crippen molar-refractivity contribution in [3.8, 4) is 28.7 Å². The van der Waals surface area contributed by atoms with Crippen LogP contribution in [0.4, 0.5) is 5.69 Å². The molecule has 8 heteroatoms. The van der Waals surface area contributed by atoms with Gasteiger partial charge in [-0.3, -0.25) is 4.79 Å². The molecule has 0 unspecified atom stereocenters. The normalized spacial score (nSPS) is 10.6. The predicted octanol–water partition coefficient (Wildman–Crippen LogP) is 5.73. The van der Waals surface area contributed by atoms with Crippen LogP contribution in [0, 0.1) is 0 Å². The van der Waals surface area contributed by atoms with Gasteiger partial charge < -0.3 is 14.5 Å². The minimum atomic E-state index is -0.339. The van der Waals surface area contributed by atoms with Crippen LogP contribution in [0.15, 0.2) is 77.2 Å². The van der Waals surface area contributed by atoms with Gasteiger partial charge in [0.2, 0.25) is 11.8 Å². The van der Waals surface area contributed by atoms with Crippen molar-refractivity contribution in [2.45, 2.75) is 0 Å². The molecular weight excluding hydrogens is 425 g/mol. The van der Waals surface area contributed by atoms with E-state index in [4.69, 9.17) is 32.4 Å². The molecule has 0 aliphatic carbocycles. The third-order valence-corrected chi connectivity index (χ3v) is 4.62. The van der Waals surface area contributed by atoms with Gasteiger partial charge in [-0.25, -0.2) is 0 Å². The molecule has 4 aromatic rings. The number of benzene rings is 3. The number of hydrogen-bond donors (Lipinski definition) is 1. The van der Waals surface area contributed by atoms with Crippen LogP contribution in [0.1, 0.15) is 0 Å². The van der Waals surface area contributed by atoms with Crippen molar-refractivity contribution in [1.82, 2.24) is 10.2 Å². The van der Waals surface area contributed by atoms with Crippen molar-refractivity contribution in [2.75, 3.05) is 11.9 Å². The molecule has 0 saturated carbocycles. The lowest BCUT2D eigenvalue weighted by Crippen LogP contribution is -2.20. The number of rotatable bonds is 6. The highest BCUT2D eigenvalue weighted by molar-refractivity contribution is 6.35. The van der Waals surface area contributed by atoms with Crippen LogP contribution in [0.25, 0.3) is 22.9 Å². The fourth-order valence-corrected chi connectivity index (χ4v) is 3.16. The summed E-state index contributed by atoms with van der Waals surface area (Å²) in [4.78, 5) is 12.2. The average Bonchev–Trinajstić information content (AvgIpc) is 3.24. The van der Waals surface area contributed by atoms with E-state index in [1.807, 2.05) is 36.4 Å². The van der Waals surface area contributed by atoms with Crippen LogP contribution in [0.2, 0.25) is 10.0 Å². The maximum absolute atomic E-state index is 12.2. The summed E-state index contributed by atoms with van der Waals surface area (Å²) in [5, 5.41) is 11.8. The number of ether oxygens (including phenoxy) is 1. The SMILES string of the molecule is O=C(COc1ccc(Cl)cc1Cl)Nc1cccc(-c2nnc(-c3ccccc3)o2)c1. The van der Waals surface area contributed by atoms with E-state index in [0.29, 0.717) is 38.8 Å². The minimum Gasteiger partial charge on any atom is -0.482 e. The zero-order valence-electron chi connectivity index (χ0n) is 15.5. The second-order valence-corrected chi connectivity index (χ2v) is 7.11. The standard InChI is InChI=1S/C22H15Cl2N3O3/c23-16-9-10-19(18(24)12-16)29-13-20(28)25-17-8-4-7-15(11-17)22-27-26-21(30-22)14-5-2-1-3-6-14/h1-12H,13H2,(H,25,28). The molecule has 0 saturated heterocycles. The van der Waals surface area contributed by atoms with Gasteiger partial charge in [0.1, 0.15) is 5.75 Å². The van der Waals surface area contributed by atoms with Crippen molar-refractivity contribution in [2.24, 2.45) is 0 Å². The van der Waals surface area contributed by atoms with Gasteiger partial charge in [-0.15, -0.1) is 10.2 Å². The first-order valence-corrected chi connectivity index (χ1v) is 9.71. The molecule has 1 heterocycles. The van der Waals surface area contributed by atoms with Gasteiger partial charge >= 0.3 is 0 Å². The summed E-state index contributed by atoms with van der Waals surface area (Å²) in [5.74, 6) is 0.820. The molecule has 30 heavy (non-hydrogen) atoms. The topological polar surface area (TPSA) is 77.2 Å². The summed E-state index contributed by atoms with van der Waals surface area (Å²) in [6.45, 7) is -0.204. The highest BCUT2D eigenvalue weighted by Gasteiger charge is 2.12. The number of nitrogens with one attached hydrogen (secondary N) is 1. The number of nitrogens with zero attached hydrogens (tertiary/aromatic N) is 2. The van der Waals surface area contributed by atoms with E-state index >= 15 is 0 Å². The first-order valence-electron chi connectivity index (χ1n) is 8.95. The lowest BCUT2D eigenvalue weighted by molar-refractivity contribution is -0.118. The zero-order chi connectivity index (χ0) is 20.9. The molecule has 4 rings (SSSR count). The second kappa shape index (κ2) is 8.98. The minimum absolute atomic E-state index is 0.204. The van der Waals surface area contributed by atoms with Crippen molar-refractivity contribution in [3.63, 3.8) is 0 Å². The average molecular weight is 440 g/mol. The molecule has 1 N–H and O–H groups in total. The van der Waals surface area contributed by atoms with Crippen LogP contribution >= 0.6 is 23.2 Å². The molecule has 1 amide bonds. The van der Waals surface area contributed by atoms with E-state index in [1.165, 1.54) is 0 Å². The quantitative estimate of drug-likeness (QED) is 0.415. The number of anilines is 1. The van der Waals surface area contributed by atoms with Crippen LogP contribution in [0.3, 0.4) is 0 Å². The zero-order valence-corrected chi connectivity index (χ0v) is 17.0. The molecule has 0 atom stereocenters. The number of carbonyl (C=O) groups is 1. The Hall–Kier alpha value is -3.35. The molecule has 1 aromatic heterocycles. The summed E-state index contributed by atoms with van der Waals surface area (Å²) >= 11 is 11.9. The molecule has 3 aromatic carbocycles. The molecule has 0 bridgehead atoms. The Balaban J connectivity index is 1.42. The number of hydrogen-bond acceptors (Lipinski definition) is 5. The van der Waals surface area contributed by atoms with Gasteiger partial charge in [-0.2, -0.15) is 0 Å². The van der Waals surface area contributed by atoms with Gasteiger partial charge in [-0.1, -0.05) is 47.5 Å². The number of carbonyl (C=O) groups excluding carboxylic acids is 1. The van der Waals surface area contributed by atoms with Gasteiger partial charge in [-0.05, 0) is 48.5 Å². The summed E-state index contributed by atoms with van der Waals surface area (Å²) in [5.41, 5.74) is 2.09. The van der Waals surface area contributed by atoms with Crippen molar-refractivity contribution in [3.05, 3.63) is 82.8 Å². The summed E-state index contributed by atoms with van der Waals surface area (Å²) in [7, 11) is 0. The van der Waals surface area contributed by atoms with Crippen LogP contribution < -0.4 is 10.1 Å². The lowest BCUT2D eigenvalue weighted by Gasteiger charge is -2.09. The predicted molar refractivity (Wildman–Crippen MR) is 116 cm³/mol. The smallest absolute Gasteiger partial charge is 0.262 e. The van der Waals surface area contributed by atoms with Crippen LogP contribution in [-0.4, -0.2) is 22.7 Å². The summed E-state index contributed by atoms with van der Waals surface area (Å²) in [6, 6.07) is 21.4. The third-order valence-electron chi connectivity index (χ3n) is 4.09. The highest BCUT2D eigenvalue weighted by atomic mass is 35.5. The summed E-state index contributed by atoms with van der Waals surface area (Å²) in [6.07, 6.45) is 0. The largest absolute Gasteiger partial charge is 0.482 e. The van der Waals surface area contributed by atoms with E-state index in [-0.39, 0.29) is 12.5 Å². The first-order chi connectivity index (χ1) is 14.6. The molecule has 0 spiro atoms. The molecule has 0 fully saturated rings. The number of amides is 1. The Morgan fingerprint density at radius 2 is 1.63 bits per heavy atom. The van der Waals surface area contributed by atoms with E-state index in [1.54, 1.807) is 36.4 Å². The van der Waals surface area contributed by atoms with Crippen molar-refractivity contribution in [1.29, 1.82) is 0 Å². The maximum Gasteiger partial charge on any atom is 0.262 e. The molecule has 6 nitrogen and oxygen atoms in total. The Labute approximate surface area is 182 Å². The molecule has 0 aliphatic rings. The van der Waals surface area contributed by atoms with Gasteiger partial charge in [0.05, 0.1) is 5.02 Å². The van der Waals surface area contributed by atoms with E-state index in [0.717, 1.165) is 5.56 Å². The first kappa shape index (κ1) is 19.9. The van der Waals surface area contributed by atoms with Crippen molar-refractivity contribution < 1.29 is 13.9 Å². The molecule has 150 valence electrons. The second-order valence-electron chi connectivity index (χ2n) is 6.27.